The van der Waals surface area contributed by atoms with Gasteiger partial charge >= 0.3 is 0 Å². The van der Waals surface area contributed by atoms with E-state index in [0.717, 1.165) is 17.7 Å². The number of nitrogens with one attached hydrogen (secondary N) is 1. The Labute approximate surface area is 116 Å². The van der Waals surface area contributed by atoms with E-state index in [1.807, 2.05) is 12.1 Å². The van der Waals surface area contributed by atoms with Crippen molar-refractivity contribution in [2.24, 2.45) is 0 Å². The highest BCUT2D eigenvalue weighted by Crippen LogP contribution is 2.13. The minimum Gasteiger partial charge on any atom is -0.346 e. The van der Waals surface area contributed by atoms with Crippen LogP contribution >= 0.6 is 11.6 Å². The molecule has 0 atom stereocenters. The number of carbonyl (C=O) groups excluding carboxylic acids is 1. The summed E-state index contributed by atoms with van der Waals surface area (Å²) >= 11 is 5.92. The van der Waals surface area contributed by atoms with Gasteiger partial charge in [0.2, 0.25) is 0 Å². The van der Waals surface area contributed by atoms with Gasteiger partial charge < -0.3 is 5.32 Å². The topological polar surface area (TPSA) is 54.9 Å². The van der Waals surface area contributed by atoms with Gasteiger partial charge in [0, 0.05) is 18.6 Å². The molecule has 0 fully saturated rings. The molecule has 0 radical (unpaired) electrons. The maximum Gasteiger partial charge on any atom is 0.253 e. The average molecular weight is 276 g/mol. The molecule has 0 spiro atoms. The van der Waals surface area contributed by atoms with Crippen LogP contribution in [0.25, 0.3) is 0 Å². The molecule has 0 aliphatic heterocycles. The average Bonchev–Trinajstić information content (AvgIpc) is 2.45. The van der Waals surface area contributed by atoms with Crippen LogP contribution in [-0.4, -0.2) is 15.9 Å². The summed E-state index contributed by atoms with van der Waals surface area (Å²) in [6.45, 7) is 2.45. The fourth-order valence-corrected chi connectivity index (χ4v) is 1.98. The van der Waals surface area contributed by atoms with Crippen LogP contribution in [0.1, 0.15) is 28.5 Å². The highest BCUT2D eigenvalue weighted by atomic mass is 35.5. The zero-order valence-electron chi connectivity index (χ0n) is 10.6. The molecule has 0 saturated carbocycles. The third kappa shape index (κ3) is 3.29. The Balaban J connectivity index is 2.07. The summed E-state index contributed by atoms with van der Waals surface area (Å²) < 4.78 is 0. The van der Waals surface area contributed by atoms with Crippen LogP contribution in [0.15, 0.2) is 36.8 Å². The van der Waals surface area contributed by atoms with E-state index >= 15 is 0 Å². The normalized spacial score (nSPS) is 10.2. The molecule has 1 N–H and O–H groups in total. The van der Waals surface area contributed by atoms with E-state index in [-0.39, 0.29) is 5.91 Å². The largest absolute Gasteiger partial charge is 0.346 e. The molecule has 1 amide bonds. The van der Waals surface area contributed by atoms with Gasteiger partial charge in [0.1, 0.15) is 0 Å². The Kier molecular flexibility index (Phi) is 4.47. The zero-order valence-corrected chi connectivity index (χ0v) is 11.3. The number of nitrogens with zero attached hydrogens (tertiary/aromatic N) is 2. The molecule has 0 saturated heterocycles. The molecule has 5 heteroatoms. The smallest absolute Gasteiger partial charge is 0.253 e. The Morgan fingerprint density at radius 2 is 2.21 bits per heavy atom. The molecule has 2 rings (SSSR count). The van der Waals surface area contributed by atoms with E-state index in [4.69, 9.17) is 11.6 Å². The van der Waals surface area contributed by atoms with Crippen LogP contribution in [0.4, 0.5) is 0 Å². The molecule has 0 aliphatic carbocycles. The maximum atomic E-state index is 12.0. The molecule has 98 valence electrons. The van der Waals surface area contributed by atoms with Gasteiger partial charge in [-0.05, 0) is 24.1 Å². The van der Waals surface area contributed by atoms with E-state index in [1.165, 1.54) is 6.20 Å². The van der Waals surface area contributed by atoms with Crippen molar-refractivity contribution in [1.82, 2.24) is 15.3 Å². The summed E-state index contributed by atoms with van der Waals surface area (Å²) in [5.41, 5.74) is 2.43. The first-order valence-electron chi connectivity index (χ1n) is 6.03. The second-order valence-electron chi connectivity index (χ2n) is 4.00. The highest BCUT2D eigenvalue weighted by molar-refractivity contribution is 6.33. The van der Waals surface area contributed by atoms with Crippen molar-refractivity contribution in [3.05, 3.63) is 58.6 Å². The van der Waals surface area contributed by atoms with E-state index in [2.05, 4.69) is 22.2 Å². The SMILES string of the molecule is CCc1cccnc1CNC(=O)c1ccncc1Cl. The number of hydrogen-bond donors (Lipinski definition) is 1. The van der Waals surface area contributed by atoms with Gasteiger partial charge in [0.15, 0.2) is 0 Å². The lowest BCUT2D eigenvalue weighted by molar-refractivity contribution is 0.0950. The van der Waals surface area contributed by atoms with Gasteiger partial charge in [-0.1, -0.05) is 24.6 Å². The molecule has 4 nitrogen and oxygen atoms in total. The standard InChI is InChI=1S/C14H14ClN3O/c1-2-10-4-3-6-17-13(10)9-18-14(19)11-5-7-16-8-12(11)15/h3-8H,2,9H2,1H3,(H,18,19). The lowest BCUT2D eigenvalue weighted by Gasteiger charge is -2.08. The van der Waals surface area contributed by atoms with Crippen LogP contribution in [0, 0.1) is 0 Å². The second-order valence-corrected chi connectivity index (χ2v) is 4.41. The van der Waals surface area contributed by atoms with Crippen LogP contribution in [0.2, 0.25) is 5.02 Å². The number of rotatable bonds is 4. The van der Waals surface area contributed by atoms with Gasteiger partial charge in [-0.3, -0.25) is 14.8 Å². The minimum absolute atomic E-state index is 0.222. The number of pyridine rings is 2. The van der Waals surface area contributed by atoms with Crippen LogP contribution < -0.4 is 5.32 Å². The summed E-state index contributed by atoms with van der Waals surface area (Å²) in [6, 6.07) is 5.49. The number of carbonyl (C=O) groups is 1. The maximum absolute atomic E-state index is 12.0. The quantitative estimate of drug-likeness (QED) is 0.933. The predicted octanol–water partition coefficient (Wildman–Crippen LogP) is 2.62. The Bertz CT molecular complexity index is 586. The van der Waals surface area contributed by atoms with Crippen molar-refractivity contribution in [3.8, 4) is 0 Å². The van der Waals surface area contributed by atoms with Crippen molar-refractivity contribution >= 4 is 17.5 Å². The third-order valence-corrected chi connectivity index (χ3v) is 3.10. The van der Waals surface area contributed by atoms with E-state index < -0.39 is 0 Å². The molecule has 0 unspecified atom stereocenters. The zero-order chi connectivity index (χ0) is 13.7. The predicted molar refractivity (Wildman–Crippen MR) is 74.0 cm³/mol. The molecule has 19 heavy (non-hydrogen) atoms. The first-order valence-corrected chi connectivity index (χ1v) is 6.40. The third-order valence-electron chi connectivity index (χ3n) is 2.80. The molecule has 0 bridgehead atoms. The summed E-state index contributed by atoms with van der Waals surface area (Å²) in [5.74, 6) is -0.222. The first kappa shape index (κ1) is 13.5. The molecule has 2 aromatic rings. The summed E-state index contributed by atoms with van der Waals surface area (Å²) in [5, 5.41) is 3.16. The van der Waals surface area contributed by atoms with Gasteiger partial charge in [-0.25, -0.2) is 0 Å². The molecule has 0 aromatic carbocycles. The fraction of sp³-hybridized carbons (Fsp3) is 0.214. The van der Waals surface area contributed by atoms with E-state index in [0.29, 0.717) is 17.1 Å². The first-order chi connectivity index (χ1) is 9.22. The number of aromatic nitrogens is 2. The van der Waals surface area contributed by atoms with Crippen molar-refractivity contribution in [3.63, 3.8) is 0 Å². The van der Waals surface area contributed by atoms with E-state index in [1.54, 1.807) is 18.5 Å². The fourth-order valence-electron chi connectivity index (χ4n) is 1.77. The lowest BCUT2D eigenvalue weighted by Crippen LogP contribution is -2.24. The Morgan fingerprint density at radius 3 is 2.95 bits per heavy atom. The van der Waals surface area contributed by atoms with Gasteiger partial charge in [0.05, 0.1) is 22.8 Å². The van der Waals surface area contributed by atoms with Crippen molar-refractivity contribution in [1.29, 1.82) is 0 Å². The van der Waals surface area contributed by atoms with Crippen LogP contribution in [0.3, 0.4) is 0 Å². The van der Waals surface area contributed by atoms with E-state index in [9.17, 15) is 4.79 Å². The van der Waals surface area contributed by atoms with Crippen molar-refractivity contribution < 1.29 is 4.79 Å². The number of aryl methyl sites for hydroxylation is 1. The molecule has 2 aromatic heterocycles. The van der Waals surface area contributed by atoms with Crippen molar-refractivity contribution in [2.45, 2.75) is 19.9 Å². The molecule has 2 heterocycles. The summed E-state index contributed by atoms with van der Waals surface area (Å²) in [4.78, 5) is 20.1. The monoisotopic (exact) mass is 275 g/mol. The Morgan fingerprint density at radius 1 is 1.37 bits per heavy atom. The summed E-state index contributed by atoms with van der Waals surface area (Å²) in [7, 11) is 0. The van der Waals surface area contributed by atoms with Crippen LogP contribution in [0.5, 0.6) is 0 Å². The molecule has 0 aliphatic rings. The van der Waals surface area contributed by atoms with Crippen molar-refractivity contribution in [2.75, 3.05) is 0 Å². The number of hydrogen-bond acceptors (Lipinski definition) is 3. The van der Waals surface area contributed by atoms with Gasteiger partial charge in [-0.2, -0.15) is 0 Å². The highest BCUT2D eigenvalue weighted by Gasteiger charge is 2.10. The minimum atomic E-state index is -0.222. The number of amides is 1. The number of halogens is 1. The molecular weight excluding hydrogens is 262 g/mol. The van der Waals surface area contributed by atoms with Gasteiger partial charge in [0.25, 0.3) is 5.91 Å². The van der Waals surface area contributed by atoms with Crippen LogP contribution in [-0.2, 0) is 13.0 Å². The second kappa shape index (κ2) is 6.29. The summed E-state index contributed by atoms with van der Waals surface area (Å²) in [6.07, 6.45) is 5.60. The molecular formula is C14H14ClN3O. The lowest BCUT2D eigenvalue weighted by atomic mass is 10.1. The van der Waals surface area contributed by atoms with Gasteiger partial charge in [-0.15, -0.1) is 0 Å². The Hall–Kier alpha value is -1.94.